The van der Waals surface area contributed by atoms with Crippen molar-refractivity contribution >= 4 is 5.97 Å². The van der Waals surface area contributed by atoms with E-state index in [1.807, 2.05) is 0 Å². The van der Waals surface area contributed by atoms with Gasteiger partial charge in [0.1, 0.15) is 6.04 Å². The second-order valence-corrected chi connectivity index (χ2v) is 7.12. The Balaban J connectivity index is 1.99. The van der Waals surface area contributed by atoms with Crippen molar-refractivity contribution in [3.05, 3.63) is 0 Å². The number of piperazine rings is 1. The van der Waals surface area contributed by atoms with Gasteiger partial charge in [0.25, 0.3) is 0 Å². The Morgan fingerprint density at radius 3 is 2.16 bits per heavy atom. The summed E-state index contributed by atoms with van der Waals surface area (Å²) in [6.45, 7) is 8.37. The van der Waals surface area contributed by atoms with E-state index in [-0.39, 0.29) is 6.04 Å². The molecule has 110 valence electrons. The lowest BCUT2D eigenvalue weighted by Gasteiger charge is -2.43. The number of likely N-dealkylation sites (N-methyl/N-ethyl adjacent to an activating group) is 1. The largest absolute Gasteiger partial charge is 0.480 e. The Morgan fingerprint density at radius 1 is 1.16 bits per heavy atom. The highest BCUT2D eigenvalue weighted by Gasteiger charge is 2.38. The summed E-state index contributed by atoms with van der Waals surface area (Å²) < 4.78 is 0. The molecule has 0 spiro atoms. The number of carbonyl (C=O) groups is 1. The second-order valence-electron chi connectivity index (χ2n) is 7.12. The van der Waals surface area contributed by atoms with Crippen molar-refractivity contribution in [3.63, 3.8) is 0 Å². The fourth-order valence-corrected chi connectivity index (χ4v) is 3.49. The summed E-state index contributed by atoms with van der Waals surface area (Å²) in [7, 11) is 2.11. The van der Waals surface area contributed by atoms with Gasteiger partial charge in [0.15, 0.2) is 0 Å². The van der Waals surface area contributed by atoms with Crippen molar-refractivity contribution in [3.8, 4) is 0 Å². The molecule has 0 aromatic rings. The van der Waals surface area contributed by atoms with Crippen molar-refractivity contribution in [2.75, 3.05) is 33.2 Å². The molecule has 19 heavy (non-hydrogen) atoms. The lowest BCUT2D eigenvalue weighted by molar-refractivity contribution is -0.147. The fraction of sp³-hybridized carbons (Fsp3) is 0.933. The first kappa shape index (κ1) is 14.8. The van der Waals surface area contributed by atoms with E-state index in [0.29, 0.717) is 11.3 Å². The van der Waals surface area contributed by atoms with Crippen LogP contribution in [0, 0.1) is 11.3 Å². The van der Waals surface area contributed by atoms with E-state index in [4.69, 9.17) is 0 Å². The zero-order chi connectivity index (χ0) is 14.0. The highest BCUT2D eigenvalue weighted by atomic mass is 16.4. The summed E-state index contributed by atoms with van der Waals surface area (Å²) >= 11 is 0. The Kier molecular flexibility index (Phi) is 4.51. The highest BCUT2D eigenvalue weighted by molar-refractivity contribution is 5.74. The average Bonchev–Trinajstić information content (AvgIpc) is 2.33. The van der Waals surface area contributed by atoms with Gasteiger partial charge in [0, 0.05) is 26.2 Å². The predicted octanol–water partition coefficient (Wildman–Crippen LogP) is 1.90. The summed E-state index contributed by atoms with van der Waals surface area (Å²) in [6.07, 6.45) is 4.46. The molecule has 1 aliphatic carbocycles. The molecular weight excluding hydrogens is 240 g/mol. The fourth-order valence-electron chi connectivity index (χ4n) is 3.49. The maximum Gasteiger partial charge on any atom is 0.321 e. The maximum absolute atomic E-state index is 11.7. The van der Waals surface area contributed by atoms with Crippen LogP contribution >= 0.6 is 0 Å². The quantitative estimate of drug-likeness (QED) is 0.849. The lowest BCUT2D eigenvalue weighted by Crippen LogP contribution is -2.54. The SMILES string of the molecule is CN1CCN([C@H](C(=O)O)C2CCC(C)(C)CC2)CC1. The molecule has 0 bridgehead atoms. The molecule has 0 aromatic heterocycles. The first-order chi connectivity index (χ1) is 8.89. The van der Waals surface area contributed by atoms with Crippen LogP contribution in [0.4, 0.5) is 0 Å². The third-order valence-electron chi connectivity index (χ3n) is 5.01. The van der Waals surface area contributed by atoms with Crippen LogP contribution in [0.25, 0.3) is 0 Å². The van der Waals surface area contributed by atoms with Gasteiger partial charge >= 0.3 is 5.97 Å². The number of nitrogens with zero attached hydrogens (tertiary/aromatic N) is 2. The molecule has 2 fully saturated rings. The van der Waals surface area contributed by atoms with Gasteiger partial charge in [0.05, 0.1) is 0 Å². The van der Waals surface area contributed by atoms with Crippen LogP contribution in [0.2, 0.25) is 0 Å². The molecule has 2 aliphatic rings. The van der Waals surface area contributed by atoms with Gasteiger partial charge in [-0.25, -0.2) is 0 Å². The van der Waals surface area contributed by atoms with Crippen LogP contribution < -0.4 is 0 Å². The summed E-state index contributed by atoms with van der Waals surface area (Å²) in [6, 6.07) is -0.259. The zero-order valence-corrected chi connectivity index (χ0v) is 12.6. The van der Waals surface area contributed by atoms with Crippen LogP contribution in [0.3, 0.4) is 0 Å². The van der Waals surface area contributed by atoms with Gasteiger partial charge in [-0.05, 0) is 44.1 Å². The number of aliphatic carboxylic acids is 1. The number of hydrogen-bond acceptors (Lipinski definition) is 3. The van der Waals surface area contributed by atoms with Crippen molar-refractivity contribution in [1.82, 2.24) is 9.80 Å². The van der Waals surface area contributed by atoms with Gasteiger partial charge in [-0.3, -0.25) is 9.69 Å². The Hall–Kier alpha value is -0.610. The minimum Gasteiger partial charge on any atom is -0.480 e. The monoisotopic (exact) mass is 268 g/mol. The third kappa shape index (κ3) is 3.69. The van der Waals surface area contributed by atoms with Crippen LogP contribution in [-0.2, 0) is 4.79 Å². The lowest BCUT2D eigenvalue weighted by atomic mass is 9.71. The molecule has 0 aromatic carbocycles. The molecule has 1 N–H and O–H groups in total. The normalized spacial score (nSPS) is 28.2. The van der Waals surface area contributed by atoms with E-state index in [1.54, 1.807) is 0 Å². The molecule has 2 rings (SSSR count). The molecule has 1 saturated carbocycles. The van der Waals surface area contributed by atoms with E-state index < -0.39 is 5.97 Å². The zero-order valence-electron chi connectivity index (χ0n) is 12.6. The smallest absolute Gasteiger partial charge is 0.321 e. The Bertz CT molecular complexity index is 312. The Morgan fingerprint density at radius 2 is 1.68 bits per heavy atom. The van der Waals surface area contributed by atoms with Crippen molar-refractivity contribution in [2.24, 2.45) is 11.3 Å². The first-order valence-electron chi connectivity index (χ1n) is 7.54. The van der Waals surface area contributed by atoms with E-state index in [9.17, 15) is 9.90 Å². The van der Waals surface area contributed by atoms with E-state index in [0.717, 1.165) is 51.9 Å². The van der Waals surface area contributed by atoms with E-state index in [2.05, 4.69) is 30.7 Å². The number of carboxylic acid groups (broad SMARTS) is 1. The van der Waals surface area contributed by atoms with Gasteiger partial charge in [-0.1, -0.05) is 13.8 Å². The van der Waals surface area contributed by atoms with Crippen LogP contribution in [0.1, 0.15) is 39.5 Å². The van der Waals surface area contributed by atoms with Gasteiger partial charge in [0.2, 0.25) is 0 Å². The number of hydrogen-bond donors (Lipinski definition) is 1. The Labute approximate surface area is 116 Å². The minimum atomic E-state index is -0.616. The first-order valence-corrected chi connectivity index (χ1v) is 7.54. The van der Waals surface area contributed by atoms with Crippen molar-refractivity contribution < 1.29 is 9.90 Å². The summed E-state index contributed by atoms with van der Waals surface area (Å²) in [4.78, 5) is 16.2. The number of carboxylic acids is 1. The van der Waals surface area contributed by atoms with Gasteiger partial charge in [-0.2, -0.15) is 0 Å². The van der Waals surface area contributed by atoms with E-state index in [1.165, 1.54) is 0 Å². The van der Waals surface area contributed by atoms with Crippen molar-refractivity contribution in [1.29, 1.82) is 0 Å². The number of rotatable bonds is 3. The molecule has 1 atom stereocenters. The molecule has 1 aliphatic heterocycles. The second kappa shape index (κ2) is 5.80. The third-order valence-corrected chi connectivity index (χ3v) is 5.01. The molecule has 4 nitrogen and oxygen atoms in total. The molecule has 1 heterocycles. The summed E-state index contributed by atoms with van der Waals surface area (Å²) in [5, 5.41) is 9.62. The molecule has 0 unspecified atom stereocenters. The van der Waals surface area contributed by atoms with Crippen LogP contribution in [-0.4, -0.2) is 60.1 Å². The molecule has 4 heteroatoms. The predicted molar refractivity (Wildman–Crippen MR) is 76.2 cm³/mol. The maximum atomic E-state index is 11.7. The molecular formula is C15H28N2O2. The molecule has 1 saturated heterocycles. The summed E-state index contributed by atoms with van der Waals surface area (Å²) in [5.74, 6) is -0.275. The van der Waals surface area contributed by atoms with Crippen LogP contribution in [0.15, 0.2) is 0 Å². The standard InChI is InChI=1S/C15H28N2O2/c1-15(2)6-4-12(5-7-15)13(14(18)19)17-10-8-16(3)9-11-17/h12-13H,4-11H2,1-3H3,(H,18,19)/t13-/m0/s1. The highest BCUT2D eigenvalue weighted by Crippen LogP contribution is 2.40. The van der Waals surface area contributed by atoms with E-state index >= 15 is 0 Å². The minimum absolute atomic E-state index is 0.259. The summed E-state index contributed by atoms with van der Waals surface area (Å²) in [5.41, 5.74) is 0.404. The van der Waals surface area contributed by atoms with Crippen LogP contribution in [0.5, 0.6) is 0 Å². The topological polar surface area (TPSA) is 43.8 Å². The average molecular weight is 268 g/mol. The molecule has 0 amide bonds. The van der Waals surface area contributed by atoms with Gasteiger partial charge in [-0.15, -0.1) is 0 Å². The van der Waals surface area contributed by atoms with Crippen molar-refractivity contribution in [2.45, 2.75) is 45.6 Å². The molecule has 0 radical (unpaired) electrons. The van der Waals surface area contributed by atoms with Gasteiger partial charge < -0.3 is 10.0 Å².